The Morgan fingerprint density at radius 1 is 1.21 bits per heavy atom. The van der Waals surface area contributed by atoms with E-state index in [0.717, 1.165) is 12.8 Å². The van der Waals surface area contributed by atoms with Crippen LogP contribution in [0, 0.1) is 0 Å². The summed E-state index contributed by atoms with van der Waals surface area (Å²) in [6.45, 7) is 0.594. The van der Waals surface area contributed by atoms with Crippen LogP contribution in [-0.2, 0) is 0 Å². The van der Waals surface area contributed by atoms with Crippen LogP contribution in [0.2, 0.25) is 5.02 Å². The highest BCUT2D eigenvalue weighted by atomic mass is 35.5. The van der Waals surface area contributed by atoms with Crippen molar-refractivity contribution in [3.8, 4) is 0 Å². The van der Waals surface area contributed by atoms with Gasteiger partial charge in [0.15, 0.2) is 0 Å². The number of hydrogen-bond acceptors (Lipinski definition) is 1. The summed E-state index contributed by atoms with van der Waals surface area (Å²) >= 11 is 12.0. The zero-order chi connectivity index (χ0) is 13.7. The highest BCUT2D eigenvalue weighted by Crippen LogP contribution is 2.25. The Balaban J connectivity index is 2.18. The highest BCUT2D eigenvalue weighted by Gasteiger charge is 2.26. The molecule has 104 valence electrons. The van der Waals surface area contributed by atoms with E-state index in [1.807, 2.05) is 17.0 Å². The number of amides is 1. The first-order valence-electron chi connectivity index (χ1n) is 6.85. The van der Waals surface area contributed by atoms with Crippen molar-refractivity contribution in [2.24, 2.45) is 0 Å². The molecule has 0 radical (unpaired) electrons. The minimum absolute atomic E-state index is 0.0122. The molecule has 0 bridgehead atoms. The van der Waals surface area contributed by atoms with Crippen LogP contribution in [0.4, 0.5) is 0 Å². The number of alkyl halides is 1. The number of rotatable bonds is 4. The number of carbonyl (C=O) groups is 1. The van der Waals surface area contributed by atoms with Gasteiger partial charge < -0.3 is 4.90 Å². The summed E-state index contributed by atoms with van der Waals surface area (Å²) in [5, 5.41) is 0.517. The minimum atomic E-state index is 0.0122. The molecular formula is C15H19Cl2NO. The van der Waals surface area contributed by atoms with E-state index in [2.05, 4.69) is 0 Å². The lowest BCUT2D eigenvalue weighted by atomic mass is 9.93. The first kappa shape index (κ1) is 14.7. The average molecular weight is 300 g/mol. The molecule has 1 aliphatic carbocycles. The second-order valence-electron chi connectivity index (χ2n) is 4.96. The molecule has 0 aliphatic heterocycles. The second-order valence-corrected chi connectivity index (χ2v) is 5.74. The van der Waals surface area contributed by atoms with E-state index in [1.54, 1.807) is 12.1 Å². The molecule has 0 heterocycles. The van der Waals surface area contributed by atoms with Crippen LogP contribution in [0.3, 0.4) is 0 Å². The fourth-order valence-electron chi connectivity index (χ4n) is 2.72. The molecule has 0 aromatic heterocycles. The number of halogens is 2. The quantitative estimate of drug-likeness (QED) is 0.757. The predicted molar refractivity (Wildman–Crippen MR) is 80.1 cm³/mol. The van der Waals surface area contributed by atoms with E-state index < -0.39 is 0 Å². The Morgan fingerprint density at radius 3 is 2.53 bits per heavy atom. The molecule has 19 heavy (non-hydrogen) atoms. The monoisotopic (exact) mass is 299 g/mol. The van der Waals surface area contributed by atoms with Gasteiger partial charge in [0.1, 0.15) is 0 Å². The maximum Gasteiger partial charge on any atom is 0.255 e. The van der Waals surface area contributed by atoms with E-state index in [4.69, 9.17) is 23.2 Å². The standard InChI is InChI=1S/C15H19Cl2NO/c16-10-11-18(12-6-2-1-3-7-12)15(19)13-8-4-5-9-14(13)17/h4-5,8-9,12H,1-3,6-7,10-11H2. The highest BCUT2D eigenvalue weighted by molar-refractivity contribution is 6.33. The molecule has 0 N–H and O–H groups in total. The van der Waals surface area contributed by atoms with Crippen molar-refractivity contribution in [3.63, 3.8) is 0 Å². The molecule has 1 aromatic rings. The lowest BCUT2D eigenvalue weighted by molar-refractivity contribution is 0.0650. The van der Waals surface area contributed by atoms with Gasteiger partial charge in [-0.2, -0.15) is 0 Å². The summed E-state index contributed by atoms with van der Waals surface area (Å²) in [7, 11) is 0. The van der Waals surface area contributed by atoms with Crippen molar-refractivity contribution in [1.29, 1.82) is 0 Å². The third-order valence-corrected chi connectivity index (χ3v) is 4.20. The Hall–Kier alpha value is -0.730. The van der Waals surface area contributed by atoms with Crippen LogP contribution >= 0.6 is 23.2 Å². The molecule has 2 nitrogen and oxygen atoms in total. The SMILES string of the molecule is O=C(c1ccccc1Cl)N(CCCl)C1CCCCC1. The predicted octanol–water partition coefficient (Wildman–Crippen LogP) is 4.35. The van der Waals surface area contributed by atoms with E-state index >= 15 is 0 Å². The van der Waals surface area contributed by atoms with Gasteiger partial charge in [-0.15, -0.1) is 11.6 Å². The number of carbonyl (C=O) groups excluding carboxylic acids is 1. The Bertz CT molecular complexity index is 430. The fourth-order valence-corrected chi connectivity index (χ4v) is 3.12. The summed E-state index contributed by atoms with van der Waals surface area (Å²) in [4.78, 5) is 14.5. The van der Waals surface area contributed by atoms with Crippen molar-refractivity contribution in [3.05, 3.63) is 34.9 Å². The Labute approximate surface area is 124 Å². The fraction of sp³-hybridized carbons (Fsp3) is 0.533. The maximum atomic E-state index is 12.6. The smallest absolute Gasteiger partial charge is 0.255 e. The molecular weight excluding hydrogens is 281 g/mol. The zero-order valence-electron chi connectivity index (χ0n) is 10.9. The van der Waals surface area contributed by atoms with Crippen molar-refractivity contribution < 1.29 is 4.79 Å². The third-order valence-electron chi connectivity index (χ3n) is 3.71. The molecule has 0 spiro atoms. The van der Waals surface area contributed by atoms with Crippen LogP contribution in [0.1, 0.15) is 42.5 Å². The van der Waals surface area contributed by atoms with E-state index in [1.165, 1.54) is 19.3 Å². The zero-order valence-corrected chi connectivity index (χ0v) is 12.5. The van der Waals surface area contributed by atoms with Crippen LogP contribution in [0.5, 0.6) is 0 Å². The van der Waals surface area contributed by atoms with E-state index in [0.29, 0.717) is 29.1 Å². The molecule has 1 amide bonds. The lowest BCUT2D eigenvalue weighted by Gasteiger charge is -2.34. The number of benzene rings is 1. The van der Waals surface area contributed by atoms with Gasteiger partial charge in [-0.05, 0) is 25.0 Å². The minimum Gasteiger partial charge on any atom is -0.334 e. The van der Waals surface area contributed by atoms with Crippen LogP contribution in [0.25, 0.3) is 0 Å². The van der Waals surface area contributed by atoms with Gasteiger partial charge in [0, 0.05) is 18.5 Å². The van der Waals surface area contributed by atoms with Gasteiger partial charge >= 0.3 is 0 Å². The van der Waals surface area contributed by atoms with Gasteiger partial charge in [-0.3, -0.25) is 4.79 Å². The van der Waals surface area contributed by atoms with Crippen molar-refractivity contribution in [2.45, 2.75) is 38.1 Å². The average Bonchev–Trinajstić information content (AvgIpc) is 2.45. The Kier molecular flexibility index (Phi) is 5.53. The van der Waals surface area contributed by atoms with Crippen LogP contribution in [-0.4, -0.2) is 29.3 Å². The molecule has 0 atom stereocenters. The van der Waals surface area contributed by atoms with E-state index in [-0.39, 0.29) is 5.91 Å². The second kappa shape index (κ2) is 7.16. The molecule has 0 unspecified atom stereocenters. The molecule has 1 aromatic carbocycles. The first-order valence-corrected chi connectivity index (χ1v) is 7.76. The van der Waals surface area contributed by atoms with Gasteiger partial charge in [0.05, 0.1) is 10.6 Å². The van der Waals surface area contributed by atoms with Gasteiger partial charge in [-0.1, -0.05) is 43.0 Å². The molecule has 1 fully saturated rings. The Morgan fingerprint density at radius 2 is 1.89 bits per heavy atom. The van der Waals surface area contributed by atoms with Crippen molar-refractivity contribution >= 4 is 29.1 Å². The summed E-state index contributed by atoms with van der Waals surface area (Å²) in [5.74, 6) is 0.477. The summed E-state index contributed by atoms with van der Waals surface area (Å²) < 4.78 is 0. The molecule has 0 saturated heterocycles. The summed E-state index contributed by atoms with van der Waals surface area (Å²) in [5.41, 5.74) is 0.583. The van der Waals surface area contributed by atoms with Gasteiger partial charge in [-0.25, -0.2) is 0 Å². The maximum absolute atomic E-state index is 12.6. The van der Waals surface area contributed by atoms with Crippen LogP contribution in [0.15, 0.2) is 24.3 Å². The van der Waals surface area contributed by atoms with Crippen molar-refractivity contribution in [1.82, 2.24) is 4.90 Å². The molecule has 2 rings (SSSR count). The van der Waals surface area contributed by atoms with E-state index in [9.17, 15) is 4.79 Å². The van der Waals surface area contributed by atoms with Crippen LogP contribution < -0.4 is 0 Å². The summed E-state index contributed by atoms with van der Waals surface area (Å²) in [6.07, 6.45) is 5.81. The number of hydrogen-bond donors (Lipinski definition) is 0. The van der Waals surface area contributed by atoms with Crippen molar-refractivity contribution in [2.75, 3.05) is 12.4 Å². The molecule has 1 aliphatic rings. The molecule has 1 saturated carbocycles. The largest absolute Gasteiger partial charge is 0.334 e. The topological polar surface area (TPSA) is 20.3 Å². The molecule has 4 heteroatoms. The first-order chi connectivity index (χ1) is 9.24. The van der Waals surface area contributed by atoms with Gasteiger partial charge in [0.25, 0.3) is 5.91 Å². The summed E-state index contributed by atoms with van der Waals surface area (Å²) in [6, 6.07) is 7.55. The van der Waals surface area contributed by atoms with Gasteiger partial charge in [0.2, 0.25) is 0 Å². The lowest BCUT2D eigenvalue weighted by Crippen LogP contribution is -2.42. The normalized spacial score (nSPS) is 16.3. The third kappa shape index (κ3) is 3.64. The number of nitrogens with zero attached hydrogens (tertiary/aromatic N) is 1.